The SMILES string of the molecule is CC1=CC(C)CN(C/C=C/Cl)C1. The molecule has 0 aromatic carbocycles. The van der Waals surface area contributed by atoms with Crippen molar-refractivity contribution in [1.82, 2.24) is 4.90 Å². The number of nitrogens with zero attached hydrogens (tertiary/aromatic N) is 1. The third-order valence-electron chi connectivity index (χ3n) is 2.04. The van der Waals surface area contributed by atoms with Crippen LogP contribution in [0.3, 0.4) is 0 Å². The highest BCUT2D eigenvalue weighted by Gasteiger charge is 2.13. The standard InChI is InChI=1S/C10H16ClN/c1-9-6-10(2)8-12(7-9)5-3-4-11/h3-4,6,9H,5,7-8H2,1-2H3/b4-3+. The topological polar surface area (TPSA) is 3.24 Å². The molecule has 0 spiro atoms. The van der Waals surface area contributed by atoms with Gasteiger partial charge in [-0.2, -0.15) is 0 Å². The molecular formula is C10H16ClN. The molecule has 0 saturated heterocycles. The maximum atomic E-state index is 5.47. The van der Waals surface area contributed by atoms with Crippen molar-refractivity contribution in [2.24, 2.45) is 5.92 Å². The quantitative estimate of drug-likeness (QED) is 0.598. The van der Waals surface area contributed by atoms with Gasteiger partial charge in [0.25, 0.3) is 0 Å². The molecule has 1 aliphatic rings. The summed E-state index contributed by atoms with van der Waals surface area (Å²) in [6.07, 6.45) is 4.34. The second-order valence-corrected chi connectivity index (χ2v) is 3.80. The fourth-order valence-corrected chi connectivity index (χ4v) is 1.82. The molecule has 0 saturated carbocycles. The Hall–Kier alpha value is -0.270. The van der Waals surface area contributed by atoms with Gasteiger partial charge in [-0.25, -0.2) is 0 Å². The summed E-state index contributed by atoms with van der Waals surface area (Å²) >= 11 is 5.47. The minimum absolute atomic E-state index is 0.683. The minimum atomic E-state index is 0.683. The van der Waals surface area contributed by atoms with Crippen LogP contribution >= 0.6 is 11.6 Å². The Morgan fingerprint density at radius 3 is 3.08 bits per heavy atom. The van der Waals surface area contributed by atoms with Crippen molar-refractivity contribution in [2.75, 3.05) is 19.6 Å². The molecule has 1 aliphatic heterocycles. The summed E-state index contributed by atoms with van der Waals surface area (Å²) in [7, 11) is 0. The van der Waals surface area contributed by atoms with Crippen LogP contribution in [0.15, 0.2) is 23.3 Å². The second-order valence-electron chi connectivity index (χ2n) is 3.55. The van der Waals surface area contributed by atoms with Gasteiger partial charge in [0.15, 0.2) is 0 Å². The lowest BCUT2D eigenvalue weighted by atomic mass is 10.0. The van der Waals surface area contributed by atoms with E-state index < -0.39 is 0 Å². The van der Waals surface area contributed by atoms with Crippen molar-refractivity contribution in [3.63, 3.8) is 0 Å². The van der Waals surface area contributed by atoms with E-state index in [2.05, 4.69) is 24.8 Å². The number of hydrogen-bond acceptors (Lipinski definition) is 1. The monoisotopic (exact) mass is 185 g/mol. The van der Waals surface area contributed by atoms with Crippen LogP contribution in [0.4, 0.5) is 0 Å². The summed E-state index contributed by atoms with van der Waals surface area (Å²) in [5.74, 6) is 0.683. The molecule has 12 heavy (non-hydrogen) atoms. The highest BCUT2D eigenvalue weighted by molar-refractivity contribution is 6.25. The first-order valence-corrected chi connectivity index (χ1v) is 4.81. The van der Waals surface area contributed by atoms with Gasteiger partial charge in [-0.05, 0) is 12.8 Å². The van der Waals surface area contributed by atoms with Gasteiger partial charge < -0.3 is 0 Å². The van der Waals surface area contributed by atoms with Crippen molar-refractivity contribution in [2.45, 2.75) is 13.8 Å². The van der Waals surface area contributed by atoms with Crippen molar-refractivity contribution >= 4 is 11.6 Å². The molecule has 2 heteroatoms. The van der Waals surface area contributed by atoms with Gasteiger partial charge in [0.1, 0.15) is 0 Å². The molecule has 0 fully saturated rings. The Morgan fingerprint density at radius 1 is 1.75 bits per heavy atom. The Labute approximate surface area is 79.7 Å². The molecular weight excluding hydrogens is 170 g/mol. The highest BCUT2D eigenvalue weighted by atomic mass is 35.5. The third kappa shape index (κ3) is 3.00. The Bertz CT molecular complexity index is 196. The van der Waals surface area contributed by atoms with Crippen molar-refractivity contribution < 1.29 is 0 Å². The van der Waals surface area contributed by atoms with Gasteiger partial charge in [-0.1, -0.05) is 36.2 Å². The first-order valence-electron chi connectivity index (χ1n) is 4.37. The molecule has 0 aromatic rings. The Morgan fingerprint density at radius 2 is 2.50 bits per heavy atom. The van der Waals surface area contributed by atoms with Gasteiger partial charge >= 0.3 is 0 Å². The van der Waals surface area contributed by atoms with Crippen LogP contribution < -0.4 is 0 Å². The minimum Gasteiger partial charge on any atom is -0.295 e. The van der Waals surface area contributed by atoms with Gasteiger partial charge in [0, 0.05) is 25.2 Å². The lowest BCUT2D eigenvalue weighted by Gasteiger charge is -2.28. The fraction of sp³-hybridized carbons (Fsp3) is 0.600. The molecule has 0 amide bonds. The van der Waals surface area contributed by atoms with Crippen molar-refractivity contribution in [3.8, 4) is 0 Å². The number of halogens is 1. The highest BCUT2D eigenvalue weighted by Crippen LogP contribution is 2.13. The molecule has 1 heterocycles. The summed E-state index contributed by atoms with van der Waals surface area (Å²) in [4.78, 5) is 2.40. The van der Waals surface area contributed by atoms with Gasteiger partial charge in [-0.15, -0.1) is 0 Å². The number of rotatable bonds is 2. The molecule has 0 N–H and O–H groups in total. The first-order chi connectivity index (χ1) is 5.72. The van der Waals surface area contributed by atoms with Crippen molar-refractivity contribution in [3.05, 3.63) is 23.3 Å². The predicted molar refractivity (Wildman–Crippen MR) is 54.4 cm³/mol. The van der Waals surface area contributed by atoms with Crippen LogP contribution in [-0.4, -0.2) is 24.5 Å². The zero-order valence-electron chi connectivity index (χ0n) is 7.76. The molecule has 0 bridgehead atoms. The van der Waals surface area contributed by atoms with Crippen LogP contribution in [0.25, 0.3) is 0 Å². The molecule has 68 valence electrons. The summed E-state index contributed by atoms with van der Waals surface area (Å²) < 4.78 is 0. The zero-order chi connectivity index (χ0) is 8.97. The zero-order valence-corrected chi connectivity index (χ0v) is 8.51. The summed E-state index contributed by atoms with van der Waals surface area (Å²) in [5.41, 5.74) is 3.06. The summed E-state index contributed by atoms with van der Waals surface area (Å²) in [6.45, 7) is 7.65. The van der Waals surface area contributed by atoms with Crippen LogP contribution in [-0.2, 0) is 0 Å². The fourth-order valence-electron chi connectivity index (χ4n) is 1.74. The van der Waals surface area contributed by atoms with E-state index in [0.29, 0.717) is 5.92 Å². The van der Waals surface area contributed by atoms with E-state index in [1.54, 1.807) is 5.54 Å². The molecule has 1 unspecified atom stereocenters. The smallest absolute Gasteiger partial charge is 0.0193 e. The van der Waals surface area contributed by atoms with Gasteiger partial charge in [-0.3, -0.25) is 4.90 Å². The lowest BCUT2D eigenvalue weighted by molar-refractivity contribution is 0.284. The number of hydrogen-bond donors (Lipinski definition) is 0. The maximum absolute atomic E-state index is 5.47. The molecule has 0 radical (unpaired) electrons. The van der Waals surface area contributed by atoms with E-state index in [1.807, 2.05) is 6.08 Å². The van der Waals surface area contributed by atoms with E-state index in [9.17, 15) is 0 Å². The Balaban J connectivity index is 2.44. The first kappa shape index (κ1) is 9.82. The largest absolute Gasteiger partial charge is 0.295 e. The predicted octanol–water partition coefficient (Wildman–Crippen LogP) is 2.64. The normalized spacial score (nSPS) is 26.2. The molecule has 1 atom stereocenters. The van der Waals surface area contributed by atoms with E-state index in [-0.39, 0.29) is 0 Å². The Kier molecular flexibility index (Phi) is 3.83. The van der Waals surface area contributed by atoms with Gasteiger partial charge in [0.2, 0.25) is 0 Å². The van der Waals surface area contributed by atoms with E-state index in [0.717, 1.165) is 19.6 Å². The van der Waals surface area contributed by atoms with Crippen molar-refractivity contribution in [1.29, 1.82) is 0 Å². The second kappa shape index (κ2) is 4.68. The van der Waals surface area contributed by atoms with E-state index in [4.69, 9.17) is 11.6 Å². The van der Waals surface area contributed by atoms with Crippen LogP contribution in [0.2, 0.25) is 0 Å². The molecule has 0 aromatic heterocycles. The molecule has 1 nitrogen and oxygen atoms in total. The summed E-state index contributed by atoms with van der Waals surface area (Å²) in [6, 6.07) is 0. The van der Waals surface area contributed by atoms with E-state index in [1.165, 1.54) is 5.57 Å². The maximum Gasteiger partial charge on any atom is 0.0193 e. The molecule has 1 rings (SSSR count). The van der Waals surface area contributed by atoms with E-state index >= 15 is 0 Å². The van der Waals surface area contributed by atoms with Crippen LogP contribution in [0, 0.1) is 5.92 Å². The molecule has 0 aliphatic carbocycles. The third-order valence-corrected chi connectivity index (χ3v) is 2.22. The van der Waals surface area contributed by atoms with Crippen LogP contribution in [0.5, 0.6) is 0 Å². The average Bonchev–Trinajstić information content (AvgIpc) is 1.99. The lowest BCUT2D eigenvalue weighted by Crippen LogP contribution is -2.33. The summed E-state index contributed by atoms with van der Waals surface area (Å²) in [5, 5.41) is 0. The van der Waals surface area contributed by atoms with Crippen LogP contribution in [0.1, 0.15) is 13.8 Å². The average molecular weight is 186 g/mol. The van der Waals surface area contributed by atoms with Gasteiger partial charge in [0.05, 0.1) is 0 Å².